The van der Waals surface area contributed by atoms with Crippen molar-refractivity contribution in [3.63, 3.8) is 0 Å². The highest BCUT2D eigenvalue weighted by Gasteiger charge is 2.15. The Kier molecular flexibility index (Phi) is 7.93. The van der Waals surface area contributed by atoms with E-state index < -0.39 is 5.97 Å². The van der Waals surface area contributed by atoms with E-state index in [9.17, 15) is 9.59 Å². The van der Waals surface area contributed by atoms with Gasteiger partial charge in [0.2, 0.25) is 5.91 Å². The van der Waals surface area contributed by atoms with E-state index in [1.165, 1.54) is 11.8 Å². The van der Waals surface area contributed by atoms with E-state index in [1.54, 1.807) is 25.1 Å². The zero-order chi connectivity index (χ0) is 15.8. The molecule has 0 fully saturated rings. The predicted octanol–water partition coefficient (Wildman–Crippen LogP) is 3.85. The Morgan fingerprint density at radius 2 is 2.05 bits per heavy atom. The van der Waals surface area contributed by atoms with Crippen molar-refractivity contribution in [1.29, 1.82) is 0 Å². The Bertz CT molecular complexity index is 511. The number of rotatable bonds is 8. The van der Waals surface area contributed by atoms with Gasteiger partial charge in [-0.05, 0) is 38.0 Å². The number of hydrogen-bond donors (Lipinski definition) is 2. The Balaban J connectivity index is 2.37. The number of unbranched alkanes of at least 4 members (excludes halogenated alkanes) is 1. The summed E-state index contributed by atoms with van der Waals surface area (Å²) < 4.78 is 0. The van der Waals surface area contributed by atoms with E-state index >= 15 is 0 Å². The van der Waals surface area contributed by atoms with Crippen molar-refractivity contribution in [2.45, 2.75) is 36.3 Å². The molecule has 0 aliphatic rings. The van der Waals surface area contributed by atoms with Gasteiger partial charge in [0.25, 0.3) is 0 Å². The van der Waals surface area contributed by atoms with Crippen LogP contribution in [0.4, 0.5) is 0 Å². The number of aliphatic carboxylic acids is 1. The van der Waals surface area contributed by atoms with Crippen LogP contribution < -0.4 is 5.32 Å². The minimum atomic E-state index is -0.819. The van der Waals surface area contributed by atoms with Crippen molar-refractivity contribution in [1.82, 2.24) is 5.32 Å². The van der Waals surface area contributed by atoms with E-state index in [4.69, 9.17) is 28.3 Å². The molecule has 0 saturated carbocycles. The summed E-state index contributed by atoms with van der Waals surface area (Å²) >= 11 is 13.3. The van der Waals surface area contributed by atoms with E-state index in [-0.39, 0.29) is 17.6 Å². The van der Waals surface area contributed by atoms with Gasteiger partial charge in [-0.2, -0.15) is 0 Å². The normalized spacial score (nSPS) is 12.0. The van der Waals surface area contributed by atoms with Gasteiger partial charge in [-0.1, -0.05) is 23.2 Å². The minimum Gasteiger partial charge on any atom is -0.481 e. The number of benzene rings is 1. The lowest BCUT2D eigenvalue weighted by molar-refractivity contribution is -0.137. The predicted molar refractivity (Wildman–Crippen MR) is 86.3 cm³/mol. The van der Waals surface area contributed by atoms with E-state index in [2.05, 4.69) is 5.32 Å². The third-order valence-corrected chi connectivity index (χ3v) is 4.52. The zero-order valence-corrected chi connectivity index (χ0v) is 13.9. The molecule has 0 radical (unpaired) electrons. The average Bonchev–Trinajstić information content (AvgIpc) is 2.41. The second-order valence-electron chi connectivity index (χ2n) is 4.48. The van der Waals surface area contributed by atoms with Crippen LogP contribution >= 0.6 is 35.0 Å². The van der Waals surface area contributed by atoms with Crippen molar-refractivity contribution in [2.24, 2.45) is 0 Å². The van der Waals surface area contributed by atoms with Crippen molar-refractivity contribution in [3.05, 3.63) is 28.2 Å². The largest absolute Gasteiger partial charge is 0.481 e. The SMILES string of the molecule is C[C@H](Sc1cc(Cl)ccc1Cl)C(=O)NCCCCC(=O)O. The number of nitrogens with one attached hydrogen (secondary N) is 1. The molecular weight excluding hydrogens is 333 g/mol. The standard InChI is InChI=1S/C14H17Cl2NO3S/c1-9(14(20)17-7-3-2-4-13(18)19)21-12-8-10(15)5-6-11(12)16/h5-6,8-9H,2-4,7H2,1H3,(H,17,20)(H,18,19)/t9-/m0/s1. The molecule has 1 rings (SSSR count). The van der Waals surface area contributed by atoms with Gasteiger partial charge in [0.1, 0.15) is 0 Å². The number of hydrogen-bond acceptors (Lipinski definition) is 3. The quantitative estimate of drug-likeness (QED) is 0.552. The summed E-state index contributed by atoms with van der Waals surface area (Å²) in [5.41, 5.74) is 0. The molecule has 0 bridgehead atoms. The van der Waals surface area contributed by atoms with Crippen LogP contribution in [0.25, 0.3) is 0 Å². The highest BCUT2D eigenvalue weighted by atomic mass is 35.5. The second-order valence-corrected chi connectivity index (χ2v) is 6.70. The summed E-state index contributed by atoms with van der Waals surface area (Å²) in [6.45, 7) is 2.26. The third-order valence-electron chi connectivity index (χ3n) is 2.68. The van der Waals surface area contributed by atoms with Crippen molar-refractivity contribution in [2.75, 3.05) is 6.54 Å². The van der Waals surface area contributed by atoms with E-state index in [0.29, 0.717) is 29.4 Å². The van der Waals surface area contributed by atoms with Crippen LogP contribution in [-0.4, -0.2) is 28.8 Å². The molecular formula is C14H17Cl2NO3S. The van der Waals surface area contributed by atoms with Crippen LogP contribution in [0.5, 0.6) is 0 Å². The lowest BCUT2D eigenvalue weighted by Crippen LogP contribution is -2.31. The van der Waals surface area contributed by atoms with Gasteiger partial charge < -0.3 is 10.4 Å². The minimum absolute atomic E-state index is 0.105. The molecule has 0 heterocycles. The molecule has 4 nitrogen and oxygen atoms in total. The highest BCUT2D eigenvalue weighted by molar-refractivity contribution is 8.00. The molecule has 7 heteroatoms. The Labute approximate surface area is 138 Å². The fourth-order valence-electron chi connectivity index (χ4n) is 1.57. The molecule has 0 unspecified atom stereocenters. The van der Waals surface area contributed by atoms with Gasteiger partial charge in [0.15, 0.2) is 0 Å². The molecule has 0 aliphatic heterocycles. The van der Waals surface area contributed by atoms with E-state index in [1.807, 2.05) is 0 Å². The van der Waals surface area contributed by atoms with Gasteiger partial charge in [0, 0.05) is 22.9 Å². The first-order valence-corrected chi connectivity index (χ1v) is 8.15. The van der Waals surface area contributed by atoms with Crippen LogP contribution in [0.1, 0.15) is 26.2 Å². The first-order valence-electron chi connectivity index (χ1n) is 6.51. The number of halogens is 2. The summed E-state index contributed by atoms with van der Waals surface area (Å²) in [5, 5.41) is 12.1. The summed E-state index contributed by atoms with van der Waals surface area (Å²) in [5.74, 6) is -0.924. The van der Waals surface area contributed by atoms with Crippen LogP contribution in [0.15, 0.2) is 23.1 Å². The molecule has 1 aromatic carbocycles. The monoisotopic (exact) mass is 349 g/mol. The van der Waals surface area contributed by atoms with Gasteiger partial charge in [-0.25, -0.2) is 0 Å². The zero-order valence-electron chi connectivity index (χ0n) is 11.6. The summed E-state index contributed by atoms with van der Waals surface area (Å²) in [6.07, 6.45) is 1.32. The Hall–Kier alpha value is -0.910. The highest BCUT2D eigenvalue weighted by Crippen LogP contribution is 2.32. The van der Waals surface area contributed by atoms with Crippen molar-refractivity contribution in [3.8, 4) is 0 Å². The van der Waals surface area contributed by atoms with Crippen LogP contribution in [-0.2, 0) is 9.59 Å². The first-order chi connectivity index (χ1) is 9.90. The molecule has 21 heavy (non-hydrogen) atoms. The molecule has 1 amide bonds. The number of carboxylic acids is 1. The topological polar surface area (TPSA) is 66.4 Å². The number of carbonyl (C=O) groups excluding carboxylic acids is 1. The summed E-state index contributed by atoms with van der Waals surface area (Å²) in [6, 6.07) is 5.12. The Morgan fingerprint density at radius 3 is 2.71 bits per heavy atom. The molecule has 0 saturated heterocycles. The van der Waals surface area contributed by atoms with Crippen LogP contribution in [0.2, 0.25) is 10.0 Å². The molecule has 0 aliphatic carbocycles. The van der Waals surface area contributed by atoms with Crippen molar-refractivity contribution < 1.29 is 14.7 Å². The molecule has 116 valence electrons. The lowest BCUT2D eigenvalue weighted by atomic mass is 10.2. The summed E-state index contributed by atoms with van der Waals surface area (Å²) in [4.78, 5) is 23.0. The average molecular weight is 350 g/mol. The summed E-state index contributed by atoms with van der Waals surface area (Å²) in [7, 11) is 0. The smallest absolute Gasteiger partial charge is 0.303 e. The molecule has 0 aromatic heterocycles. The first kappa shape index (κ1) is 18.1. The number of carboxylic acid groups (broad SMARTS) is 1. The molecule has 1 aromatic rings. The third kappa shape index (κ3) is 7.07. The van der Waals surface area contributed by atoms with E-state index in [0.717, 1.165) is 4.90 Å². The van der Waals surface area contributed by atoms with Gasteiger partial charge in [-0.3, -0.25) is 9.59 Å². The van der Waals surface area contributed by atoms with Gasteiger partial charge in [-0.15, -0.1) is 11.8 Å². The molecule has 0 spiro atoms. The Morgan fingerprint density at radius 1 is 1.33 bits per heavy atom. The van der Waals surface area contributed by atoms with Crippen LogP contribution in [0, 0.1) is 0 Å². The maximum absolute atomic E-state index is 11.9. The molecule has 2 N–H and O–H groups in total. The fourth-order valence-corrected chi connectivity index (χ4v) is 3.00. The van der Waals surface area contributed by atoms with Crippen LogP contribution in [0.3, 0.4) is 0 Å². The lowest BCUT2D eigenvalue weighted by Gasteiger charge is -2.13. The van der Waals surface area contributed by atoms with Crippen molar-refractivity contribution >= 4 is 46.8 Å². The van der Waals surface area contributed by atoms with Gasteiger partial charge in [0.05, 0.1) is 10.3 Å². The maximum Gasteiger partial charge on any atom is 0.303 e. The maximum atomic E-state index is 11.9. The van der Waals surface area contributed by atoms with Gasteiger partial charge >= 0.3 is 5.97 Å². The number of thioether (sulfide) groups is 1. The fraction of sp³-hybridized carbons (Fsp3) is 0.429. The second kappa shape index (κ2) is 9.18. The molecule has 1 atom stereocenters. The number of carbonyl (C=O) groups is 2. The number of amides is 1.